The smallest absolute Gasteiger partial charge is 0.271 e. The first kappa shape index (κ1) is 16.9. The topological polar surface area (TPSA) is 49.0 Å². The number of likely N-dealkylation sites (tertiary alicyclic amines) is 1. The molecule has 2 aromatic heterocycles. The summed E-state index contributed by atoms with van der Waals surface area (Å²) < 4.78 is 0. The summed E-state index contributed by atoms with van der Waals surface area (Å²) in [5.41, 5.74) is 1.29. The quantitative estimate of drug-likeness (QED) is 0.678. The van der Waals surface area contributed by atoms with Crippen molar-refractivity contribution in [3.05, 3.63) is 50.5 Å². The van der Waals surface area contributed by atoms with Crippen LogP contribution in [-0.2, 0) is 6.42 Å². The van der Waals surface area contributed by atoms with Crippen molar-refractivity contribution in [3.8, 4) is 0 Å². The van der Waals surface area contributed by atoms with E-state index >= 15 is 0 Å². The first-order valence-corrected chi connectivity index (χ1v) is 9.90. The number of fused-ring (bicyclic) bond motifs is 1. The lowest BCUT2D eigenvalue weighted by Crippen LogP contribution is -2.39. The van der Waals surface area contributed by atoms with Crippen molar-refractivity contribution in [1.82, 2.24) is 14.9 Å². The molecule has 0 bridgehead atoms. The number of aromatic amines is 1. The van der Waals surface area contributed by atoms with Crippen LogP contribution in [0.15, 0.2) is 29.8 Å². The Labute approximate surface area is 159 Å². The van der Waals surface area contributed by atoms with Gasteiger partial charge in [-0.25, -0.2) is 4.98 Å². The molecule has 1 fully saturated rings. The van der Waals surface area contributed by atoms with Gasteiger partial charge in [-0.05, 0) is 37.0 Å². The average molecular weight is 394 g/mol. The summed E-state index contributed by atoms with van der Waals surface area (Å²) in [4.78, 5) is 22.3. The van der Waals surface area contributed by atoms with E-state index in [4.69, 9.17) is 23.2 Å². The van der Waals surface area contributed by atoms with Gasteiger partial charge in [0, 0.05) is 47.0 Å². The highest BCUT2D eigenvalue weighted by molar-refractivity contribution is 7.09. The molecule has 3 heterocycles. The van der Waals surface area contributed by atoms with Gasteiger partial charge in [0.25, 0.3) is 5.91 Å². The Morgan fingerprint density at radius 1 is 1.32 bits per heavy atom. The van der Waals surface area contributed by atoms with Crippen molar-refractivity contribution in [2.24, 2.45) is 5.92 Å². The summed E-state index contributed by atoms with van der Waals surface area (Å²) in [6, 6.07) is 5.42. The Morgan fingerprint density at radius 2 is 2.12 bits per heavy atom. The number of piperidine rings is 1. The van der Waals surface area contributed by atoms with Crippen LogP contribution in [0.5, 0.6) is 0 Å². The maximum Gasteiger partial charge on any atom is 0.271 e. The predicted octanol–water partition coefficient (Wildman–Crippen LogP) is 5.03. The molecule has 0 aliphatic carbocycles. The summed E-state index contributed by atoms with van der Waals surface area (Å²) in [6.45, 7) is 1.50. The van der Waals surface area contributed by atoms with Crippen molar-refractivity contribution < 1.29 is 4.79 Å². The van der Waals surface area contributed by atoms with Gasteiger partial charge < -0.3 is 9.88 Å². The third kappa shape index (κ3) is 3.41. The molecule has 7 heteroatoms. The van der Waals surface area contributed by atoms with E-state index in [1.165, 1.54) is 5.01 Å². The van der Waals surface area contributed by atoms with Crippen LogP contribution >= 0.6 is 34.5 Å². The number of carbonyl (C=O) groups is 1. The molecule has 0 spiro atoms. The van der Waals surface area contributed by atoms with Gasteiger partial charge in [0.15, 0.2) is 0 Å². The van der Waals surface area contributed by atoms with E-state index in [-0.39, 0.29) is 5.91 Å². The van der Waals surface area contributed by atoms with Crippen molar-refractivity contribution in [2.75, 3.05) is 13.1 Å². The van der Waals surface area contributed by atoms with E-state index in [1.807, 2.05) is 22.5 Å². The third-order valence-electron chi connectivity index (χ3n) is 4.76. The zero-order chi connectivity index (χ0) is 17.4. The second-order valence-electron chi connectivity index (χ2n) is 6.37. The minimum Gasteiger partial charge on any atom is -0.349 e. The molecular weight excluding hydrogens is 377 g/mol. The Kier molecular flexibility index (Phi) is 4.71. The normalized spacial score (nSPS) is 15.8. The number of thiazole rings is 1. The standard InChI is InChI=1S/C18H17Cl2N3OS/c19-12-1-2-14-13(10-12)16(20)17(22-14)18(24)23-6-3-11(4-7-23)9-15-21-5-8-25-15/h1-2,5,8,10-11,22H,3-4,6-7,9H2. The van der Waals surface area contributed by atoms with E-state index in [2.05, 4.69) is 9.97 Å². The number of hydrogen-bond acceptors (Lipinski definition) is 3. The Morgan fingerprint density at radius 3 is 2.84 bits per heavy atom. The molecule has 0 atom stereocenters. The van der Waals surface area contributed by atoms with Crippen molar-refractivity contribution in [1.29, 1.82) is 0 Å². The summed E-state index contributed by atoms with van der Waals surface area (Å²) >= 11 is 14.2. The SMILES string of the molecule is O=C(c1[nH]c2ccc(Cl)cc2c1Cl)N1CCC(Cc2nccs2)CC1. The van der Waals surface area contributed by atoms with E-state index in [1.54, 1.807) is 23.5 Å². The van der Waals surface area contributed by atoms with Crippen molar-refractivity contribution >= 4 is 51.3 Å². The summed E-state index contributed by atoms with van der Waals surface area (Å²) in [7, 11) is 0. The highest BCUT2D eigenvalue weighted by Gasteiger charge is 2.27. The van der Waals surface area contributed by atoms with Crippen LogP contribution in [0.25, 0.3) is 10.9 Å². The van der Waals surface area contributed by atoms with Gasteiger partial charge in [-0.15, -0.1) is 11.3 Å². The molecule has 1 aliphatic heterocycles. The molecule has 0 saturated carbocycles. The van der Waals surface area contributed by atoms with Gasteiger partial charge >= 0.3 is 0 Å². The first-order valence-electron chi connectivity index (χ1n) is 8.26. The molecule has 25 heavy (non-hydrogen) atoms. The maximum absolute atomic E-state index is 12.9. The van der Waals surface area contributed by atoms with Gasteiger partial charge in [0.05, 0.1) is 10.0 Å². The fourth-order valence-electron chi connectivity index (χ4n) is 3.38. The van der Waals surface area contributed by atoms with Crippen LogP contribution < -0.4 is 0 Å². The van der Waals surface area contributed by atoms with Gasteiger partial charge in [-0.1, -0.05) is 23.2 Å². The summed E-state index contributed by atoms with van der Waals surface area (Å²) in [5, 5.41) is 5.04. The van der Waals surface area contributed by atoms with Gasteiger partial charge in [-0.2, -0.15) is 0 Å². The highest BCUT2D eigenvalue weighted by atomic mass is 35.5. The van der Waals surface area contributed by atoms with Crippen molar-refractivity contribution in [2.45, 2.75) is 19.3 Å². The molecule has 0 radical (unpaired) electrons. The monoisotopic (exact) mass is 393 g/mol. The fraction of sp³-hybridized carbons (Fsp3) is 0.333. The number of carbonyl (C=O) groups excluding carboxylic acids is 1. The number of nitrogens with zero attached hydrogens (tertiary/aromatic N) is 2. The van der Waals surface area contributed by atoms with Crippen molar-refractivity contribution in [3.63, 3.8) is 0 Å². The Bertz CT molecular complexity index is 899. The first-order chi connectivity index (χ1) is 12.1. The Balaban J connectivity index is 1.46. The maximum atomic E-state index is 12.9. The number of H-pyrrole nitrogens is 1. The second kappa shape index (κ2) is 6.98. The van der Waals surface area contributed by atoms with Crippen LogP contribution in [0.2, 0.25) is 10.0 Å². The number of amides is 1. The lowest BCUT2D eigenvalue weighted by Gasteiger charge is -2.31. The molecule has 1 aliphatic rings. The summed E-state index contributed by atoms with van der Waals surface area (Å²) in [5.74, 6) is 0.553. The number of halogens is 2. The number of aromatic nitrogens is 2. The second-order valence-corrected chi connectivity index (χ2v) is 8.16. The van der Waals surface area contributed by atoms with E-state index < -0.39 is 0 Å². The third-order valence-corrected chi connectivity index (χ3v) is 6.19. The van der Waals surface area contributed by atoms with Crippen LogP contribution in [0, 0.1) is 5.92 Å². The van der Waals surface area contributed by atoms with Gasteiger partial charge in [0.2, 0.25) is 0 Å². The molecule has 1 saturated heterocycles. The average Bonchev–Trinajstić information content (AvgIpc) is 3.23. The van der Waals surface area contributed by atoms with E-state index in [0.29, 0.717) is 21.7 Å². The molecule has 0 unspecified atom stereocenters. The van der Waals surface area contributed by atoms with E-state index in [9.17, 15) is 4.79 Å². The molecule has 4 rings (SSSR count). The lowest BCUT2D eigenvalue weighted by atomic mass is 9.93. The van der Waals surface area contributed by atoms with Crippen LogP contribution in [-0.4, -0.2) is 33.9 Å². The van der Waals surface area contributed by atoms with Crippen LogP contribution in [0.1, 0.15) is 28.3 Å². The number of rotatable bonds is 3. The highest BCUT2D eigenvalue weighted by Crippen LogP contribution is 2.31. The molecule has 1 amide bonds. The molecule has 3 aromatic rings. The molecular formula is C18H17Cl2N3OS. The van der Waals surface area contributed by atoms with Crippen LogP contribution in [0.4, 0.5) is 0 Å². The van der Waals surface area contributed by atoms with Crippen LogP contribution in [0.3, 0.4) is 0 Å². The number of benzene rings is 1. The Hall–Kier alpha value is -1.56. The number of nitrogens with one attached hydrogen (secondary N) is 1. The van der Waals surface area contributed by atoms with E-state index in [0.717, 1.165) is 43.3 Å². The largest absolute Gasteiger partial charge is 0.349 e. The molecule has 1 aromatic carbocycles. The van der Waals surface area contributed by atoms with Gasteiger partial charge in [0.1, 0.15) is 5.69 Å². The lowest BCUT2D eigenvalue weighted by molar-refractivity contribution is 0.0686. The molecule has 1 N–H and O–H groups in total. The zero-order valence-corrected chi connectivity index (χ0v) is 15.8. The molecule has 4 nitrogen and oxygen atoms in total. The number of hydrogen-bond donors (Lipinski definition) is 1. The predicted molar refractivity (Wildman–Crippen MR) is 103 cm³/mol. The summed E-state index contributed by atoms with van der Waals surface area (Å²) in [6.07, 6.45) is 4.85. The minimum absolute atomic E-state index is 0.0370. The van der Waals surface area contributed by atoms with Gasteiger partial charge in [-0.3, -0.25) is 4.79 Å². The zero-order valence-electron chi connectivity index (χ0n) is 13.5. The fourth-order valence-corrected chi connectivity index (χ4v) is 4.57. The minimum atomic E-state index is -0.0370. The molecule has 130 valence electrons.